The van der Waals surface area contributed by atoms with Crippen molar-refractivity contribution in [1.29, 1.82) is 0 Å². The van der Waals surface area contributed by atoms with E-state index in [1.54, 1.807) is 7.11 Å². The number of rotatable bonds is 7. The second-order valence-corrected chi connectivity index (χ2v) is 7.40. The first-order valence-electron chi connectivity index (χ1n) is 9.26. The molecule has 3 rings (SSSR count). The lowest BCUT2D eigenvalue weighted by Gasteiger charge is -2.39. The molecule has 0 atom stereocenters. The molecule has 0 aromatic heterocycles. The summed E-state index contributed by atoms with van der Waals surface area (Å²) in [5.74, 6) is 0.184. The minimum absolute atomic E-state index is 0.0723. The monoisotopic (exact) mass is 344 g/mol. The maximum atomic E-state index is 12.7. The molecule has 2 aliphatic rings. The van der Waals surface area contributed by atoms with Crippen LogP contribution in [0.4, 0.5) is 0 Å². The van der Waals surface area contributed by atoms with Crippen LogP contribution in [0.3, 0.4) is 0 Å². The number of carbonyl (C=O) groups excluding carboxylic acids is 2. The number of fused-ring (bicyclic) bond motifs is 1. The molecule has 1 N–H and O–H groups in total. The maximum absolute atomic E-state index is 12.7. The van der Waals surface area contributed by atoms with Gasteiger partial charge in [0.2, 0.25) is 5.91 Å². The number of nitrogens with zero attached hydrogens (tertiary/aromatic N) is 1. The number of nitrogens with one attached hydrogen (secondary N) is 1. The highest BCUT2D eigenvalue weighted by atomic mass is 16.5. The summed E-state index contributed by atoms with van der Waals surface area (Å²) in [6, 6.07) is 7.83. The van der Waals surface area contributed by atoms with Crippen molar-refractivity contribution in [2.75, 3.05) is 26.8 Å². The van der Waals surface area contributed by atoms with Gasteiger partial charge in [0.05, 0.1) is 6.61 Å². The Balaban J connectivity index is 1.67. The normalized spacial score (nSPS) is 18.9. The molecule has 0 saturated heterocycles. The third-order valence-corrected chi connectivity index (χ3v) is 5.50. The van der Waals surface area contributed by atoms with E-state index in [0.717, 1.165) is 36.8 Å². The molecule has 0 radical (unpaired) electrons. The van der Waals surface area contributed by atoms with E-state index in [9.17, 15) is 9.59 Å². The number of hydrogen-bond acceptors (Lipinski definition) is 3. The molecule has 1 saturated carbocycles. The Morgan fingerprint density at radius 1 is 1.24 bits per heavy atom. The van der Waals surface area contributed by atoms with E-state index in [-0.39, 0.29) is 17.2 Å². The minimum atomic E-state index is -0.0902. The summed E-state index contributed by atoms with van der Waals surface area (Å²) in [5.41, 5.74) is 1.83. The van der Waals surface area contributed by atoms with E-state index in [0.29, 0.717) is 32.7 Å². The van der Waals surface area contributed by atoms with E-state index >= 15 is 0 Å². The molecule has 1 heterocycles. The second kappa shape index (κ2) is 8.00. The SMILES string of the molecule is COCCNC(=O)CC1(CN2Cc3ccccc3C2=O)CCCCC1. The summed E-state index contributed by atoms with van der Waals surface area (Å²) in [5, 5.41) is 2.94. The van der Waals surface area contributed by atoms with E-state index in [1.807, 2.05) is 29.2 Å². The van der Waals surface area contributed by atoms with Gasteiger partial charge in [-0.05, 0) is 29.9 Å². The van der Waals surface area contributed by atoms with Gasteiger partial charge in [-0.15, -0.1) is 0 Å². The molecule has 1 aromatic carbocycles. The Hall–Kier alpha value is -1.88. The van der Waals surface area contributed by atoms with Gasteiger partial charge < -0.3 is 15.0 Å². The molecule has 1 fully saturated rings. The fourth-order valence-corrected chi connectivity index (χ4v) is 4.24. The zero-order valence-electron chi connectivity index (χ0n) is 15.1. The Morgan fingerprint density at radius 3 is 2.72 bits per heavy atom. The number of ether oxygens (including phenoxy) is 1. The van der Waals surface area contributed by atoms with Crippen molar-refractivity contribution in [2.24, 2.45) is 5.41 Å². The van der Waals surface area contributed by atoms with Crippen LogP contribution in [-0.4, -0.2) is 43.5 Å². The highest BCUT2D eigenvalue weighted by Gasteiger charge is 2.39. The maximum Gasteiger partial charge on any atom is 0.254 e. The average molecular weight is 344 g/mol. The fourth-order valence-electron chi connectivity index (χ4n) is 4.24. The Kier molecular flexibility index (Phi) is 5.74. The quantitative estimate of drug-likeness (QED) is 0.774. The van der Waals surface area contributed by atoms with Gasteiger partial charge in [0.1, 0.15) is 0 Å². The van der Waals surface area contributed by atoms with Gasteiger partial charge >= 0.3 is 0 Å². The van der Waals surface area contributed by atoms with Crippen LogP contribution in [0, 0.1) is 5.41 Å². The predicted molar refractivity (Wildman–Crippen MR) is 96.2 cm³/mol. The molecule has 0 bridgehead atoms. The number of amides is 2. The van der Waals surface area contributed by atoms with Crippen molar-refractivity contribution in [3.05, 3.63) is 35.4 Å². The van der Waals surface area contributed by atoms with Crippen LogP contribution in [0.25, 0.3) is 0 Å². The third kappa shape index (κ3) is 4.21. The topological polar surface area (TPSA) is 58.6 Å². The Morgan fingerprint density at radius 2 is 2.00 bits per heavy atom. The first-order valence-corrected chi connectivity index (χ1v) is 9.26. The first-order chi connectivity index (χ1) is 12.1. The lowest BCUT2D eigenvalue weighted by molar-refractivity contribution is -0.124. The molecule has 5 heteroatoms. The molecule has 0 unspecified atom stereocenters. The van der Waals surface area contributed by atoms with Crippen LogP contribution in [0.2, 0.25) is 0 Å². The van der Waals surface area contributed by atoms with Gasteiger partial charge in [-0.2, -0.15) is 0 Å². The van der Waals surface area contributed by atoms with Crippen molar-refractivity contribution in [3.8, 4) is 0 Å². The minimum Gasteiger partial charge on any atom is -0.383 e. The number of hydrogen-bond donors (Lipinski definition) is 1. The van der Waals surface area contributed by atoms with Gasteiger partial charge in [-0.3, -0.25) is 9.59 Å². The highest BCUT2D eigenvalue weighted by molar-refractivity contribution is 5.98. The molecule has 2 amide bonds. The molecule has 136 valence electrons. The van der Waals surface area contributed by atoms with E-state index in [4.69, 9.17) is 4.74 Å². The van der Waals surface area contributed by atoms with Gasteiger partial charge in [0.25, 0.3) is 5.91 Å². The molecular weight excluding hydrogens is 316 g/mol. The van der Waals surface area contributed by atoms with Crippen molar-refractivity contribution < 1.29 is 14.3 Å². The molecule has 1 aliphatic heterocycles. The summed E-state index contributed by atoms with van der Waals surface area (Å²) in [4.78, 5) is 27.1. The highest BCUT2D eigenvalue weighted by Crippen LogP contribution is 2.41. The molecular formula is C20H28N2O3. The predicted octanol–water partition coefficient (Wildman–Crippen LogP) is 2.75. The van der Waals surface area contributed by atoms with Crippen LogP contribution < -0.4 is 5.32 Å². The Bertz CT molecular complexity index is 623. The number of carbonyl (C=O) groups is 2. The smallest absolute Gasteiger partial charge is 0.254 e. The summed E-state index contributed by atoms with van der Waals surface area (Å²) in [7, 11) is 1.63. The van der Waals surface area contributed by atoms with Gasteiger partial charge in [0.15, 0.2) is 0 Å². The average Bonchev–Trinajstić information content (AvgIpc) is 2.92. The molecule has 1 aromatic rings. The van der Waals surface area contributed by atoms with Crippen LogP contribution in [0.1, 0.15) is 54.4 Å². The van der Waals surface area contributed by atoms with Crippen molar-refractivity contribution in [2.45, 2.75) is 45.1 Å². The van der Waals surface area contributed by atoms with Crippen LogP contribution >= 0.6 is 0 Å². The van der Waals surface area contributed by atoms with Crippen LogP contribution in [0.5, 0.6) is 0 Å². The second-order valence-electron chi connectivity index (χ2n) is 7.40. The fraction of sp³-hybridized carbons (Fsp3) is 0.600. The summed E-state index contributed by atoms with van der Waals surface area (Å²) in [6.07, 6.45) is 6.04. The third-order valence-electron chi connectivity index (χ3n) is 5.50. The van der Waals surface area contributed by atoms with E-state index < -0.39 is 0 Å². The lowest BCUT2D eigenvalue weighted by atomic mass is 9.71. The van der Waals surface area contributed by atoms with Crippen molar-refractivity contribution in [1.82, 2.24) is 10.2 Å². The number of methoxy groups -OCH3 is 1. The Labute approximate surface area is 149 Å². The van der Waals surface area contributed by atoms with Crippen molar-refractivity contribution in [3.63, 3.8) is 0 Å². The first kappa shape index (κ1) is 17.9. The molecule has 0 spiro atoms. The van der Waals surface area contributed by atoms with Gasteiger partial charge in [0, 0.05) is 38.7 Å². The van der Waals surface area contributed by atoms with E-state index in [2.05, 4.69) is 5.32 Å². The van der Waals surface area contributed by atoms with Gasteiger partial charge in [-0.25, -0.2) is 0 Å². The molecule has 5 nitrogen and oxygen atoms in total. The lowest BCUT2D eigenvalue weighted by Crippen LogP contribution is -2.43. The summed E-state index contributed by atoms with van der Waals surface area (Å²) >= 11 is 0. The summed E-state index contributed by atoms with van der Waals surface area (Å²) < 4.78 is 5.00. The molecule has 25 heavy (non-hydrogen) atoms. The largest absolute Gasteiger partial charge is 0.383 e. The summed E-state index contributed by atoms with van der Waals surface area (Å²) in [6.45, 7) is 2.42. The standard InChI is InChI=1S/C20H28N2O3/c1-25-12-11-21-18(23)13-20(9-5-2-6-10-20)15-22-14-16-7-3-4-8-17(16)19(22)24/h3-4,7-8H,2,5-6,9-15H2,1H3,(H,21,23). The van der Waals surface area contributed by atoms with E-state index in [1.165, 1.54) is 6.42 Å². The van der Waals surface area contributed by atoms with Crippen LogP contribution in [0.15, 0.2) is 24.3 Å². The molecule has 1 aliphatic carbocycles. The zero-order valence-corrected chi connectivity index (χ0v) is 15.1. The van der Waals surface area contributed by atoms with Gasteiger partial charge in [-0.1, -0.05) is 37.5 Å². The van der Waals surface area contributed by atoms with Crippen LogP contribution in [-0.2, 0) is 16.1 Å². The van der Waals surface area contributed by atoms with Crippen molar-refractivity contribution >= 4 is 11.8 Å². The zero-order chi connectivity index (χ0) is 17.7. The number of benzene rings is 1.